The molecule has 0 spiro atoms. The summed E-state index contributed by atoms with van der Waals surface area (Å²) in [5, 5.41) is 49.7. The molecular formula is C18H34O9. The van der Waals surface area contributed by atoms with Gasteiger partial charge in [-0.25, -0.2) is 0 Å². The second-order valence-corrected chi connectivity index (χ2v) is 8.47. The molecule has 10 atom stereocenters. The molecule has 0 saturated carbocycles. The van der Waals surface area contributed by atoms with E-state index in [0.29, 0.717) is 0 Å². The van der Waals surface area contributed by atoms with Crippen molar-refractivity contribution in [2.45, 2.75) is 89.4 Å². The Morgan fingerprint density at radius 3 is 1.81 bits per heavy atom. The lowest BCUT2D eigenvalue weighted by Gasteiger charge is -2.48. The van der Waals surface area contributed by atoms with Gasteiger partial charge in [0.25, 0.3) is 0 Å². The molecule has 0 bridgehead atoms. The molecule has 27 heavy (non-hydrogen) atoms. The van der Waals surface area contributed by atoms with Crippen LogP contribution in [-0.2, 0) is 18.9 Å². The fourth-order valence-corrected chi connectivity index (χ4v) is 3.42. The van der Waals surface area contributed by atoms with Crippen LogP contribution in [0.25, 0.3) is 0 Å². The molecule has 9 nitrogen and oxygen atoms in total. The zero-order chi connectivity index (χ0) is 20.5. The average Bonchev–Trinajstić information content (AvgIpc) is 2.59. The first-order valence-electron chi connectivity index (χ1n) is 9.40. The van der Waals surface area contributed by atoms with Crippen molar-refractivity contribution < 1.29 is 44.5 Å². The molecule has 0 amide bonds. The van der Waals surface area contributed by atoms with E-state index >= 15 is 0 Å². The van der Waals surface area contributed by atoms with Crippen molar-refractivity contribution in [2.24, 2.45) is 11.8 Å². The van der Waals surface area contributed by atoms with E-state index in [-0.39, 0.29) is 0 Å². The van der Waals surface area contributed by atoms with E-state index in [2.05, 4.69) is 0 Å². The smallest absolute Gasteiger partial charge is 0.164 e. The average molecular weight is 394 g/mol. The zero-order valence-corrected chi connectivity index (χ0v) is 16.6. The van der Waals surface area contributed by atoms with Crippen molar-refractivity contribution in [1.82, 2.24) is 0 Å². The van der Waals surface area contributed by atoms with Crippen LogP contribution in [0, 0.1) is 11.8 Å². The highest BCUT2D eigenvalue weighted by molar-refractivity contribution is 4.92. The number of rotatable bonds is 5. The van der Waals surface area contributed by atoms with Crippen LogP contribution in [-0.4, -0.2) is 93.6 Å². The minimum Gasteiger partial charge on any atom is -0.394 e. The maximum Gasteiger partial charge on any atom is 0.164 e. The van der Waals surface area contributed by atoms with Gasteiger partial charge in [-0.15, -0.1) is 0 Å². The monoisotopic (exact) mass is 394 g/mol. The van der Waals surface area contributed by atoms with Gasteiger partial charge in [0.2, 0.25) is 0 Å². The summed E-state index contributed by atoms with van der Waals surface area (Å²) in [5.41, 5.74) is -0.511. The number of aliphatic hydroxyl groups is 5. The fraction of sp³-hybridized carbons (Fsp3) is 1.00. The van der Waals surface area contributed by atoms with E-state index in [1.165, 1.54) is 0 Å². The molecule has 0 aromatic rings. The second kappa shape index (κ2) is 8.98. The molecule has 2 heterocycles. The van der Waals surface area contributed by atoms with E-state index in [1.807, 2.05) is 20.8 Å². The lowest BCUT2D eigenvalue weighted by Crippen LogP contribution is -2.61. The number of hydrogen-bond acceptors (Lipinski definition) is 9. The van der Waals surface area contributed by atoms with E-state index in [4.69, 9.17) is 18.9 Å². The topological polar surface area (TPSA) is 138 Å². The van der Waals surface area contributed by atoms with E-state index in [1.54, 1.807) is 13.8 Å². The van der Waals surface area contributed by atoms with Gasteiger partial charge in [-0.2, -0.15) is 0 Å². The molecule has 2 aliphatic heterocycles. The Hall–Kier alpha value is -0.360. The lowest BCUT2D eigenvalue weighted by atomic mass is 9.90. The third kappa shape index (κ3) is 5.17. The summed E-state index contributed by atoms with van der Waals surface area (Å²) < 4.78 is 23.2. The van der Waals surface area contributed by atoms with Crippen molar-refractivity contribution in [3.63, 3.8) is 0 Å². The predicted octanol–water partition coefficient (Wildman–Crippen LogP) is -1.02. The lowest BCUT2D eigenvalue weighted by molar-refractivity contribution is -0.351. The first kappa shape index (κ1) is 22.9. The molecule has 5 N–H and O–H groups in total. The van der Waals surface area contributed by atoms with E-state index < -0.39 is 79.9 Å². The normalized spacial score (nSPS) is 46.4. The van der Waals surface area contributed by atoms with Crippen molar-refractivity contribution in [2.75, 3.05) is 13.2 Å². The third-order valence-corrected chi connectivity index (χ3v) is 5.10. The summed E-state index contributed by atoms with van der Waals surface area (Å²) in [7, 11) is 0. The van der Waals surface area contributed by atoms with Crippen LogP contribution in [0.3, 0.4) is 0 Å². The highest BCUT2D eigenvalue weighted by Gasteiger charge is 2.49. The Morgan fingerprint density at radius 1 is 0.778 bits per heavy atom. The van der Waals surface area contributed by atoms with Crippen LogP contribution in [0.1, 0.15) is 34.6 Å². The summed E-state index contributed by atoms with van der Waals surface area (Å²) in [6.07, 6.45) is -7.92. The highest BCUT2D eigenvalue weighted by Crippen LogP contribution is 2.35. The van der Waals surface area contributed by atoms with E-state index in [9.17, 15) is 25.5 Å². The number of ether oxygens (including phenoxy) is 4. The van der Waals surface area contributed by atoms with Crippen molar-refractivity contribution in [3.8, 4) is 0 Å². The minimum absolute atomic E-state index is 0.408. The summed E-state index contributed by atoms with van der Waals surface area (Å²) in [5.74, 6) is -1.01. The third-order valence-electron chi connectivity index (χ3n) is 5.10. The van der Waals surface area contributed by atoms with Crippen LogP contribution in [0.5, 0.6) is 0 Å². The summed E-state index contributed by atoms with van der Waals surface area (Å²) in [4.78, 5) is 0. The highest BCUT2D eigenvalue weighted by atomic mass is 16.7. The Balaban J connectivity index is 2.18. The standard InChI is InChI=1S/C18H34O9/c1-8-12(21)13(22)10(6-19)24-16(8)26-15-9(2)17(27-18(3,4)5)25-11(7-20)14(15)23/h8-17,19-23H,6-7H2,1-5H3/t8?,9?,10?,11?,12-,13+,14+,15-,16+,17?/m1/s1. The molecule has 0 radical (unpaired) electrons. The van der Waals surface area contributed by atoms with Crippen molar-refractivity contribution in [1.29, 1.82) is 0 Å². The Bertz CT molecular complexity index is 466. The van der Waals surface area contributed by atoms with Gasteiger partial charge >= 0.3 is 0 Å². The van der Waals surface area contributed by atoms with Gasteiger partial charge in [0.05, 0.1) is 31.0 Å². The quantitative estimate of drug-likeness (QED) is 0.396. The van der Waals surface area contributed by atoms with Crippen molar-refractivity contribution >= 4 is 0 Å². The van der Waals surface area contributed by atoms with Gasteiger partial charge in [-0.1, -0.05) is 13.8 Å². The van der Waals surface area contributed by atoms with Crippen LogP contribution in [0.2, 0.25) is 0 Å². The Morgan fingerprint density at radius 2 is 1.30 bits per heavy atom. The summed E-state index contributed by atoms with van der Waals surface area (Å²) in [6.45, 7) is 8.15. The van der Waals surface area contributed by atoms with Gasteiger partial charge in [0.1, 0.15) is 24.4 Å². The summed E-state index contributed by atoms with van der Waals surface area (Å²) in [6, 6.07) is 0. The SMILES string of the molecule is CC1[C@H](O[C@@H]2C(C)C(OC(C)(C)C)OC(CO)[C@@H]2O)OC(CO)[C@H](O)[C@@H]1O. The van der Waals surface area contributed by atoms with Gasteiger partial charge in [-0.3, -0.25) is 0 Å². The maximum atomic E-state index is 10.6. The molecule has 2 aliphatic rings. The first-order valence-corrected chi connectivity index (χ1v) is 9.40. The molecule has 2 saturated heterocycles. The molecule has 0 aromatic carbocycles. The Labute approximate surface area is 159 Å². The fourth-order valence-electron chi connectivity index (χ4n) is 3.42. The molecule has 2 fully saturated rings. The minimum atomic E-state index is -1.23. The van der Waals surface area contributed by atoms with Gasteiger partial charge in [0, 0.05) is 11.8 Å². The van der Waals surface area contributed by atoms with Crippen LogP contribution >= 0.6 is 0 Å². The van der Waals surface area contributed by atoms with Crippen LogP contribution in [0.4, 0.5) is 0 Å². The van der Waals surface area contributed by atoms with Gasteiger partial charge in [-0.05, 0) is 20.8 Å². The summed E-state index contributed by atoms with van der Waals surface area (Å²) >= 11 is 0. The van der Waals surface area contributed by atoms with Gasteiger partial charge < -0.3 is 44.5 Å². The maximum absolute atomic E-state index is 10.6. The van der Waals surface area contributed by atoms with E-state index in [0.717, 1.165) is 0 Å². The molecular weight excluding hydrogens is 360 g/mol. The van der Waals surface area contributed by atoms with Crippen molar-refractivity contribution in [3.05, 3.63) is 0 Å². The molecule has 0 aliphatic carbocycles. The number of aliphatic hydroxyl groups excluding tert-OH is 5. The van der Waals surface area contributed by atoms with Gasteiger partial charge in [0.15, 0.2) is 12.6 Å². The predicted molar refractivity (Wildman–Crippen MR) is 93.6 cm³/mol. The molecule has 160 valence electrons. The molecule has 2 rings (SSSR count). The zero-order valence-electron chi connectivity index (χ0n) is 16.6. The number of hydrogen-bond donors (Lipinski definition) is 5. The van der Waals surface area contributed by atoms with Crippen LogP contribution < -0.4 is 0 Å². The Kier molecular flexibility index (Phi) is 7.62. The molecule has 9 heteroatoms. The largest absolute Gasteiger partial charge is 0.394 e. The second-order valence-electron chi connectivity index (χ2n) is 8.47. The molecule has 5 unspecified atom stereocenters. The molecule has 0 aromatic heterocycles. The van der Waals surface area contributed by atoms with Crippen LogP contribution in [0.15, 0.2) is 0 Å². The first-order chi connectivity index (χ1) is 12.5.